The molecule has 0 fully saturated rings. The van der Waals surface area contributed by atoms with Crippen LogP contribution in [0.4, 0.5) is 0 Å². The first-order valence-electron chi connectivity index (χ1n) is 15.5. The first kappa shape index (κ1) is 38.2. The van der Waals surface area contributed by atoms with E-state index in [1.54, 1.807) is 12.1 Å². The number of hydrogen-bond donors (Lipinski definition) is 3. The first-order valence-corrected chi connectivity index (χ1v) is 17.1. The molecule has 0 atom stereocenters. The number of likely N-dealkylation sites (N-methyl/N-ethyl adjacent to an activating group) is 2. The predicted molar refractivity (Wildman–Crippen MR) is 190 cm³/mol. The summed E-state index contributed by atoms with van der Waals surface area (Å²) >= 11 is 0. The summed E-state index contributed by atoms with van der Waals surface area (Å²) in [6.07, 6.45) is 2.94. The molecular formula is C35H49N5O7S. The largest absolute Gasteiger partial charge is 0.493 e. The third-order valence-electron chi connectivity index (χ3n) is 7.44. The summed E-state index contributed by atoms with van der Waals surface area (Å²) in [5.41, 5.74) is 4.47. The summed E-state index contributed by atoms with van der Waals surface area (Å²) in [6.45, 7) is 2.84. The van der Waals surface area contributed by atoms with Crippen LogP contribution in [0.3, 0.4) is 0 Å². The van der Waals surface area contributed by atoms with Crippen LogP contribution in [0.15, 0.2) is 60.8 Å². The molecule has 12 nitrogen and oxygen atoms in total. The van der Waals surface area contributed by atoms with Gasteiger partial charge in [0.2, 0.25) is 15.8 Å². The Hall–Kier alpha value is -4.30. The van der Waals surface area contributed by atoms with Gasteiger partial charge in [-0.1, -0.05) is 18.2 Å². The van der Waals surface area contributed by atoms with Crippen LogP contribution >= 0.6 is 0 Å². The average molecular weight is 684 g/mol. The number of benzene rings is 3. The lowest BCUT2D eigenvalue weighted by atomic mass is 10.1. The van der Waals surface area contributed by atoms with Crippen molar-refractivity contribution in [1.82, 2.24) is 24.8 Å². The number of fused-ring (bicyclic) bond motifs is 1. The highest BCUT2D eigenvalue weighted by molar-refractivity contribution is 7.88. The van der Waals surface area contributed by atoms with E-state index in [0.29, 0.717) is 36.0 Å². The highest BCUT2D eigenvalue weighted by Gasteiger charge is 2.17. The van der Waals surface area contributed by atoms with Gasteiger partial charge in [-0.2, -0.15) is 0 Å². The highest BCUT2D eigenvalue weighted by Crippen LogP contribution is 2.38. The predicted octanol–water partition coefficient (Wildman–Crippen LogP) is 3.90. The van der Waals surface area contributed by atoms with Crippen molar-refractivity contribution in [3.8, 4) is 23.0 Å². The lowest BCUT2D eigenvalue weighted by molar-refractivity contribution is 0.0950. The SMILES string of the molecule is CNS(=O)(=O)Cc1ccc2[nH]cc(CCN(C)C)c2c1.COc1cc(C(=O)NCc2ccc(OCCN(C)C)cc2)cc(OC)c1OC. The molecule has 1 amide bonds. The fourth-order valence-corrected chi connectivity index (χ4v) is 5.47. The molecule has 4 aromatic rings. The van der Waals surface area contributed by atoms with Crippen LogP contribution in [0, 0.1) is 0 Å². The molecule has 0 unspecified atom stereocenters. The van der Waals surface area contributed by atoms with Gasteiger partial charge >= 0.3 is 0 Å². The Balaban J connectivity index is 0.000000275. The normalized spacial score (nSPS) is 11.3. The summed E-state index contributed by atoms with van der Waals surface area (Å²) in [7, 11) is 10.8. The number of carbonyl (C=O) groups is 1. The molecule has 0 radical (unpaired) electrons. The highest BCUT2D eigenvalue weighted by atomic mass is 32.2. The second-order valence-electron chi connectivity index (χ2n) is 11.6. The molecule has 13 heteroatoms. The smallest absolute Gasteiger partial charge is 0.251 e. The quantitative estimate of drug-likeness (QED) is 0.161. The van der Waals surface area contributed by atoms with Crippen molar-refractivity contribution in [1.29, 1.82) is 0 Å². The van der Waals surface area contributed by atoms with E-state index < -0.39 is 10.0 Å². The van der Waals surface area contributed by atoms with E-state index in [1.165, 1.54) is 33.9 Å². The minimum atomic E-state index is -3.23. The van der Waals surface area contributed by atoms with Gasteiger partial charge in [-0.05, 0) is 94.7 Å². The fourth-order valence-electron chi connectivity index (χ4n) is 4.70. The van der Waals surface area contributed by atoms with Crippen LogP contribution in [-0.2, 0) is 28.7 Å². The molecule has 4 rings (SSSR count). The number of ether oxygens (including phenoxy) is 4. The van der Waals surface area contributed by atoms with Gasteiger partial charge in [-0.3, -0.25) is 4.79 Å². The van der Waals surface area contributed by atoms with Crippen molar-refractivity contribution in [2.24, 2.45) is 0 Å². The van der Waals surface area contributed by atoms with E-state index in [2.05, 4.69) is 24.8 Å². The monoisotopic (exact) mass is 683 g/mol. The molecular weight excluding hydrogens is 634 g/mol. The fraction of sp³-hybridized carbons (Fsp3) is 0.400. The molecule has 3 aromatic carbocycles. The zero-order chi connectivity index (χ0) is 35.3. The third kappa shape index (κ3) is 11.4. The molecule has 1 heterocycles. The van der Waals surface area contributed by atoms with Gasteiger partial charge in [0.1, 0.15) is 12.4 Å². The number of rotatable bonds is 16. The van der Waals surface area contributed by atoms with E-state index in [-0.39, 0.29) is 11.7 Å². The second-order valence-corrected chi connectivity index (χ2v) is 13.5. The maximum atomic E-state index is 12.5. The number of aromatic nitrogens is 1. The van der Waals surface area contributed by atoms with Gasteiger partial charge in [0.15, 0.2) is 11.5 Å². The molecule has 0 saturated heterocycles. The number of methoxy groups -OCH3 is 3. The van der Waals surface area contributed by atoms with E-state index in [4.69, 9.17) is 18.9 Å². The van der Waals surface area contributed by atoms with Crippen LogP contribution in [0.5, 0.6) is 23.0 Å². The third-order valence-corrected chi connectivity index (χ3v) is 8.77. The molecule has 0 aliphatic heterocycles. The molecule has 0 bridgehead atoms. The summed E-state index contributed by atoms with van der Waals surface area (Å²) in [5.74, 6) is 1.91. The number of hydrogen-bond acceptors (Lipinski definition) is 9. The van der Waals surface area contributed by atoms with Gasteiger partial charge in [-0.25, -0.2) is 13.1 Å². The van der Waals surface area contributed by atoms with Crippen LogP contribution in [0.25, 0.3) is 10.9 Å². The number of nitrogens with zero attached hydrogens (tertiary/aromatic N) is 2. The minimum absolute atomic E-state index is 0.0116. The zero-order valence-electron chi connectivity index (χ0n) is 29.2. The van der Waals surface area contributed by atoms with Crippen LogP contribution in [-0.4, -0.2) is 105 Å². The Kier molecular flexibility index (Phi) is 14.5. The Morgan fingerprint density at radius 3 is 2.02 bits per heavy atom. The van der Waals surface area contributed by atoms with Crippen LogP contribution in [0.1, 0.15) is 27.0 Å². The van der Waals surface area contributed by atoms with E-state index >= 15 is 0 Å². The molecule has 48 heavy (non-hydrogen) atoms. The maximum Gasteiger partial charge on any atom is 0.251 e. The zero-order valence-corrected chi connectivity index (χ0v) is 30.0. The van der Waals surface area contributed by atoms with Crippen molar-refractivity contribution in [2.45, 2.75) is 18.7 Å². The van der Waals surface area contributed by atoms with Crippen LogP contribution in [0.2, 0.25) is 0 Å². The van der Waals surface area contributed by atoms with Crippen molar-refractivity contribution in [2.75, 3.05) is 76.3 Å². The van der Waals surface area contributed by atoms with Gasteiger partial charge in [0.05, 0.1) is 27.1 Å². The van der Waals surface area contributed by atoms with Crippen molar-refractivity contribution < 1.29 is 32.2 Å². The first-order chi connectivity index (χ1) is 22.9. The van der Waals surface area contributed by atoms with Crippen LogP contribution < -0.4 is 29.0 Å². The number of nitrogens with one attached hydrogen (secondary N) is 3. The topological polar surface area (TPSA) is 134 Å². The molecule has 0 aliphatic rings. The average Bonchev–Trinajstić information content (AvgIpc) is 3.48. The van der Waals surface area contributed by atoms with E-state index in [0.717, 1.165) is 47.3 Å². The summed E-state index contributed by atoms with van der Waals surface area (Å²) in [6, 6.07) is 16.7. The molecule has 262 valence electrons. The van der Waals surface area contributed by atoms with Crippen molar-refractivity contribution in [3.63, 3.8) is 0 Å². The van der Waals surface area contributed by atoms with Gasteiger partial charge in [0, 0.05) is 42.3 Å². The van der Waals surface area contributed by atoms with Gasteiger partial charge in [-0.15, -0.1) is 0 Å². The van der Waals surface area contributed by atoms with E-state index in [9.17, 15) is 13.2 Å². The number of amides is 1. The minimum Gasteiger partial charge on any atom is -0.493 e. The number of aromatic amines is 1. The van der Waals surface area contributed by atoms with Crippen molar-refractivity contribution >= 4 is 26.8 Å². The molecule has 0 spiro atoms. The van der Waals surface area contributed by atoms with Gasteiger partial charge < -0.3 is 39.0 Å². The van der Waals surface area contributed by atoms with Gasteiger partial charge in [0.25, 0.3) is 5.91 Å². The number of carbonyl (C=O) groups excluding carboxylic acids is 1. The molecule has 1 aromatic heterocycles. The summed E-state index contributed by atoms with van der Waals surface area (Å²) in [5, 5.41) is 4.00. The standard InChI is InChI=1S/C21H28N2O5.C14H21N3O2S/c1-23(2)10-11-28-17-8-6-15(7-9-17)14-22-21(24)16-12-18(25-3)20(27-5)19(13-16)26-4;1-15-20(18,19)10-11-4-5-14-13(8-11)12(9-16-14)6-7-17(2)3/h6-9,12-13H,10-11,14H2,1-5H3,(H,22,24);4-5,8-9,15-16H,6-7,10H2,1-3H3. The summed E-state index contributed by atoms with van der Waals surface area (Å²) in [4.78, 5) is 20.0. The lowest BCUT2D eigenvalue weighted by Gasteiger charge is -2.14. The molecule has 3 N–H and O–H groups in total. The molecule has 0 saturated carbocycles. The Morgan fingerprint density at radius 1 is 0.833 bits per heavy atom. The molecule has 0 aliphatic carbocycles. The second kappa shape index (κ2) is 18.3. The lowest BCUT2D eigenvalue weighted by Crippen LogP contribution is -2.23. The Bertz CT molecular complexity index is 1700. The Labute approximate surface area is 284 Å². The van der Waals surface area contributed by atoms with Crippen molar-refractivity contribution in [3.05, 3.63) is 83.0 Å². The summed E-state index contributed by atoms with van der Waals surface area (Å²) < 4.78 is 47.1. The number of H-pyrrole nitrogens is 1. The number of sulfonamides is 1. The van der Waals surface area contributed by atoms with E-state index in [1.807, 2.05) is 76.9 Å². The maximum absolute atomic E-state index is 12.5. The Morgan fingerprint density at radius 2 is 1.46 bits per heavy atom.